The molecule has 1 aromatic carbocycles. The molecular formula is C13H17N3O3S. The summed E-state index contributed by atoms with van der Waals surface area (Å²) in [7, 11) is 1.43. The van der Waals surface area contributed by atoms with Gasteiger partial charge in [-0.1, -0.05) is 5.16 Å². The molecule has 0 unspecified atom stereocenters. The summed E-state index contributed by atoms with van der Waals surface area (Å²) in [5, 5.41) is 6.90. The summed E-state index contributed by atoms with van der Waals surface area (Å²) in [5.41, 5.74) is 1.59. The molecule has 1 heterocycles. The highest BCUT2D eigenvalue weighted by molar-refractivity contribution is 7.89. The molecule has 0 atom stereocenters. The zero-order chi connectivity index (χ0) is 14.8. The van der Waals surface area contributed by atoms with E-state index in [0.29, 0.717) is 12.3 Å². The number of sulfonamides is 1. The summed E-state index contributed by atoms with van der Waals surface area (Å²) in [6.45, 7) is 0.622. The largest absolute Gasteiger partial charge is 0.356 e. The van der Waals surface area contributed by atoms with Gasteiger partial charge in [0.1, 0.15) is 0 Å². The first kappa shape index (κ1) is 14.7. The third-order valence-electron chi connectivity index (χ3n) is 2.83. The average Bonchev–Trinajstić information content (AvgIpc) is 2.88. The molecule has 0 saturated heterocycles. The standard InChI is InChI=1S/C13H17N3O3S/c1-14-9-11-8-13(19-15-11)10-4-6-12(7-5-10)20(17,18)16(2)3/h4-8,14H,9H2,1-3H3. The Labute approximate surface area is 118 Å². The van der Waals surface area contributed by atoms with Crippen molar-refractivity contribution in [3.8, 4) is 11.3 Å². The summed E-state index contributed by atoms with van der Waals surface area (Å²) in [6.07, 6.45) is 0. The zero-order valence-corrected chi connectivity index (χ0v) is 12.4. The second-order valence-electron chi connectivity index (χ2n) is 4.52. The van der Waals surface area contributed by atoms with E-state index in [-0.39, 0.29) is 4.90 Å². The van der Waals surface area contributed by atoms with Crippen LogP contribution >= 0.6 is 0 Å². The Balaban J connectivity index is 2.28. The lowest BCUT2D eigenvalue weighted by molar-refractivity contribution is 0.421. The Kier molecular flexibility index (Phi) is 4.22. The molecule has 0 radical (unpaired) electrons. The van der Waals surface area contributed by atoms with Gasteiger partial charge in [0.15, 0.2) is 5.76 Å². The van der Waals surface area contributed by atoms with E-state index >= 15 is 0 Å². The molecule has 108 valence electrons. The molecule has 2 aromatic rings. The van der Waals surface area contributed by atoms with Gasteiger partial charge in [-0.15, -0.1) is 0 Å². The van der Waals surface area contributed by atoms with Crippen LogP contribution in [-0.4, -0.2) is 39.0 Å². The molecule has 7 heteroatoms. The molecule has 1 aromatic heterocycles. The number of nitrogens with zero attached hydrogens (tertiary/aromatic N) is 2. The molecule has 0 aliphatic rings. The van der Waals surface area contributed by atoms with Crippen molar-refractivity contribution in [2.75, 3.05) is 21.1 Å². The molecule has 0 spiro atoms. The Hall–Kier alpha value is -1.70. The number of nitrogens with one attached hydrogen (secondary N) is 1. The summed E-state index contributed by atoms with van der Waals surface area (Å²) in [6, 6.07) is 8.36. The van der Waals surface area contributed by atoms with Gasteiger partial charge in [-0.3, -0.25) is 0 Å². The Morgan fingerprint density at radius 2 is 1.90 bits per heavy atom. The third kappa shape index (κ3) is 2.90. The van der Waals surface area contributed by atoms with Crippen molar-refractivity contribution in [2.45, 2.75) is 11.4 Å². The number of hydrogen-bond donors (Lipinski definition) is 1. The minimum atomic E-state index is -3.40. The van der Waals surface area contributed by atoms with Gasteiger partial charge in [-0.2, -0.15) is 0 Å². The normalized spacial score (nSPS) is 12.0. The summed E-state index contributed by atoms with van der Waals surface area (Å²) in [4.78, 5) is 0.251. The van der Waals surface area contributed by atoms with Crippen molar-refractivity contribution in [1.29, 1.82) is 0 Å². The molecule has 0 amide bonds. The first-order valence-electron chi connectivity index (χ1n) is 6.08. The Bertz CT molecular complexity index is 675. The monoisotopic (exact) mass is 295 g/mol. The predicted molar refractivity (Wildman–Crippen MR) is 75.6 cm³/mol. The van der Waals surface area contributed by atoms with Gasteiger partial charge < -0.3 is 9.84 Å². The Morgan fingerprint density at radius 1 is 1.25 bits per heavy atom. The van der Waals surface area contributed by atoms with Crippen molar-refractivity contribution in [3.05, 3.63) is 36.0 Å². The highest BCUT2D eigenvalue weighted by atomic mass is 32.2. The predicted octanol–water partition coefficient (Wildman–Crippen LogP) is 1.31. The number of benzene rings is 1. The molecular weight excluding hydrogens is 278 g/mol. The second-order valence-corrected chi connectivity index (χ2v) is 6.68. The van der Waals surface area contributed by atoms with Gasteiger partial charge in [0.05, 0.1) is 10.6 Å². The van der Waals surface area contributed by atoms with Gasteiger partial charge >= 0.3 is 0 Å². The van der Waals surface area contributed by atoms with Crippen molar-refractivity contribution < 1.29 is 12.9 Å². The topological polar surface area (TPSA) is 75.4 Å². The van der Waals surface area contributed by atoms with Crippen LogP contribution in [0, 0.1) is 0 Å². The fourth-order valence-electron chi connectivity index (χ4n) is 1.71. The average molecular weight is 295 g/mol. The number of hydrogen-bond acceptors (Lipinski definition) is 5. The molecule has 6 nitrogen and oxygen atoms in total. The summed E-state index contributed by atoms with van der Waals surface area (Å²) < 4.78 is 30.3. The number of aromatic nitrogens is 1. The maximum absolute atomic E-state index is 12.0. The van der Waals surface area contributed by atoms with E-state index in [0.717, 1.165) is 11.3 Å². The van der Waals surface area contributed by atoms with Gasteiger partial charge in [-0.25, -0.2) is 12.7 Å². The molecule has 0 saturated carbocycles. The lowest BCUT2D eigenvalue weighted by atomic mass is 10.1. The van der Waals surface area contributed by atoms with E-state index in [1.54, 1.807) is 24.3 Å². The van der Waals surface area contributed by atoms with Crippen LogP contribution in [0.25, 0.3) is 11.3 Å². The maximum atomic E-state index is 12.0. The third-order valence-corrected chi connectivity index (χ3v) is 4.66. The van der Waals surface area contributed by atoms with Crippen molar-refractivity contribution in [1.82, 2.24) is 14.8 Å². The highest BCUT2D eigenvalue weighted by Gasteiger charge is 2.17. The fraction of sp³-hybridized carbons (Fsp3) is 0.308. The van der Waals surface area contributed by atoms with Crippen LogP contribution in [0.1, 0.15) is 5.69 Å². The molecule has 0 fully saturated rings. The molecule has 20 heavy (non-hydrogen) atoms. The summed E-state index contributed by atoms with van der Waals surface area (Å²) >= 11 is 0. The minimum absolute atomic E-state index is 0.251. The van der Waals surface area contributed by atoms with Crippen LogP contribution in [0.2, 0.25) is 0 Å². The first-order valence-corrected chi connectivity index (χ1v) is 7.52. The van der Waals surface area contributed by atoms with Crippen LogP contribution in [0.15, 0.2) is 39.8 Å². The van der Waals surface area contributed by atoms with Crippen molar-refractivity contribution in [2.24, 2.45) is 0 Å². The lowest BCUT2D eigenvalue weighted by Crippen LogP contribution is -2.22. The zero-order valence-electron chi connectivity index (χ0n) is 11.6. The van der Waals surface area contributed by atoms with E-state index in [1.807, 2.05) is 13.1 Å². The van der Waals surface area contributed by atoms with E-state index < -0.39 is 10.0 Å². The summed E-state index contributed by atoms with van der Waals surface area (Å²) in [5.74, 6) is 0.615. The molecule has 0 bridgehead atoms. The molecule has 0 aliphatic heterocycles. The smallest absolute Gasteiger partial charge is 0.242 e. The van der Waals surface area contributed by atoms with Crippen molar-refractivity contribution in [3.63, 3.8) is 0 Å². The van der Waals surface area contributed by atoms with Crippen LogP contribution < -0.4 is 5.32 Å². The number of rotatable bonds is 5. The van der Waals surface area contributed by atoms with E-state index in [2.05, 4.69) is 10.5 Å². The second kappa shape index (κ2) is 5.74. The molecule has 2 rings (SSSR count). The highest BCUT2D eigenvalue weighted by Crippen LogP contribution is 2.23. The van der Waals surface area contributed by atoms with E-state index in [1.165, 1.54) is 18.4 Å². The fourth-order valence-corrected chi connectivity index (χ4v) is 2.62. The van der Waals surface area contributed by atoms with Crippen LogP contribution in [0.5, 0.6) is 0 Å². The Morgan fingerprint density at radius 3 is 2.45 bits per heavy atom. The minimum Gasteiger partial charge on any atom is -0.356 e. The van der Waals surface area contributed by atoms with Gasteiger partial charge in [-0.05, 0) is 31.3 Å². The van der Waals surface area contributed by atoms with E-state index in [4.69, 9.17) is 4.52 Å². The first-order chi connectivity index (χ1) is 9.45. The maximum Gasteiger partial charge on any atom is 0.242 e. The van der Waals surface area contributed by atoms with E-state index in [9.17, 15) is 8.42 Å². The van der Waals surface area contributed by atoms with Crippen molar-refractivity contribution >= 4 is 10.0 Å². The van der Waals surface area contributed by atoms with Crippen LogP contribution in [0.4, 0.5) is 0 Å². The SMILES string of the molecule is CNCc1cc(-c2ccc(S(=O)(=O)N(C)C)cc2)on1. The van der Waals surface area contributed by atoms with Crippen LogP contribution in [0.3, 0.4) is 0 Å². The van der Waals surface area contributed by atoms with Gasteiger partial charge in [0, 0.05) is 32.3 Å². The molecule has 1 N–H and O–H groups in total. The van der Waals surface area contributed by atoms with Gasteiger partial charge in [0.2, 0.25) is 10.0 Å². The quantitative estimate of drug-likeness (QED) is 0.900. The van der Waals surface area contributed by atoms with Crippen LogP contribution in [-0.2, 0) is 16.6 Å². The lowest BCUT2D eigenvalue weighted by Gasteiger charge is -2.11. The van der Waals surface area contributed by atoms with Gasteiger partial charge in [0.25, 0.3) is 0 Å². The molecule has 0 aliphatic carbocycles.